The van der Waals surface area contributed by atoms with E-state index in [2.05, 4.69) is 0 Å². The van der Waals surface area contributed by atoms with Gasteiger partial charge in [0, 0.05) is 12.1 Å². The Bertz CT molecular complexity index is 767. The molecule has 0 aliphatic carbocycles. The second kappa shape index (κ2) is 6.17. The lowest BCUT2D eigenvalue weighted by Gasteiger charge is -2.09. The van der Waals surface area contributed by atoms with Crippen LogP contribution in [0.5, 0.6) is 5.75 Å². The smallest absolute Gasteiger partial charge is 0.343 e. The van der Waals surface area contributed by atoms with Gasteiger partial charge in [0.05, 0.1) is 16.1 Å². The number of nitrogens with zero attached hydrogens (tertiary/aromatic N) is 1. The summed E-state index contributed by atoms with van der Waals surface area (Å²) in [5.41, 5.74) is 0.951. The van der Waals surface area contributed by atoms with Gasteiger partial charge in [-0.25, -0.2) is 4.79 Å². The topological polar surface area (TPSA) is 86.5 Å². The normalized spacial score (nSPS) is 10.1. The van der Waals surface area contributed by atoms with Crippen molar-refractivity contribution in [3.05, 3.63) is 69.3 Å². The van der Waals surface area contributed by atoms with Crippen molar-refractivity contribution in [3.63, 3.8) is 0 Å². The van der Waals surface area contributed by atoms with Crippen molar-refractivity contribution in [1.29, 1.82) is 0 Å². The van der Waals surface area contributed by atoms with Gasteiger partial charge in [-0.05, 0) is 37.6 Å². The highest BCUT2D eigenvalue weighted by molar-refractivity contribution is 5.99. The second-order valence-electron chi connectivity index (χ2n) is 4.75. The molecule has 0 aliphatic heterocycles. The number of carbonyl (C=O) groups excluding carboxylic acids is 2. The van der Waals surface area contributed by atoms with Crippen molar-refractivity contribution < 1.29 is 19.2 Å². The molecule has 0 amide bonds. The van der Waals surface area contributed by atoms with Gasteiger partial charge in [-0.15, -0.1) is 0 Å². The van der Waals surface area contributed by atoms with Gasteiger partial charge >= 0.3 is 5.97 Å². The van der Waals surface area contributed by atoms with Crippen molar-refractivity contribution >= 4 is 17.4 Å². The SMILES string of the molecule is CC(=O)c1ccc(C)cc1OC(=O)c1cccc([N+](=O)[O-])c1. The quantitative estimate of drug-likeness (QED) is 0.284. The van der Waals surface area contributed by atoms with E-state index in [1.54, 1.807) is 25.1 Å². The van der Waals surface area contributed by atoms with Gasteiger partial charge in [-0.1, -0.05) is 12.1 Å². The van der Waals surface area contributed by atoms with Crippen LogP contribution in [0.25, 0.3) is 0 Å². The van der Waals surface area contributed by atoms with Crippen LogP contribution in [0.15, 0.2) is 42.5 Å². The van der Waals surface area contributed by atoms with Crippen LogP contribution in [0.2, 0.25) is 0 Å². The van der Waals surface area contributed by atoms with Gasteiger partial charge in [0.1, 0.15) is 5.75 Å². The minimum absolute atomic E-state index is 0.0465. The van der Waals surface area contributed by atoms with Crippen LogP contribution in [0.1, 0.15) is 33.2 Å². The molecule has 0 radical (unpaired) electrons. The summed E-state index contributed by atoms with van der Waals surface area (Å²) in [6.07, 6.45) is 0. The Hall–Kier alpha value is -3.02. The number of nitro benzene ring substituents is 1. The number of aryl methyl sites for hydroxylation is 1. The lowest BCUT2D eigenvalue weighted by molar-refractivity contribution is -0.384. The van der Waals surface area contributed by atoms with Gasteiger partial charge in [0.15, 0.2) is 5.78 Å². The number of Topliss-reactive ketones (excluding diaryl/α,β-unsaturated/α-hetero) is 1. The van der Waals surface area contributed by atoms with Gasteiger partial charge in [0.25, 0.3) is 5.69 Å². The highest BCUT2D eigenvalue weighted by Crippen LogP contribution is 2.23. The number of hydrogen-bond acceptors (Lipinski definition) is 5. The first-order valence-corrected chi connectivity index (χ1v) is 6.46. The molecule has 0 heterocycles. The average Bonchev–Trinajstić information content (AvgIpc) is 2.47. The van der Waals surface area contributed by atoms with Crippen molar-refractivity contribution in [2.75, 3.05) is 0 Å². The summed E-state index contributed by atoms with van der Waals surface area (Å²) >= 11 is 0. The summed E-state index contributed by atoms with van der Waals surface area (Å²) in [5, 5.41) is 10.7. The molecule has 6 heteroatoms. The molecule has 0 spiro atoms. The molecule has 0 fully saturated rings. The van der Waals surface area contributed by atoms with E-state index in [1.165, 1.54) is 25.1 Å². The molecule has 112 valence electrons. The zero-order chi connectivity index (χ0) is 16.3. The Morgan fingerprint density at radius 2 is 1.86 bits per heavy atom. The van der Waals surface area contributed by atoms with E-state index in [9.17, 15) is 19.7 Å². The molecule has 0 unspecified atom stereocenters. The summed E-state index contributed by atoms with van der Waals surface area (Å²) in [6, 6.07) is 10.1. The van der Waals surface area contributed by atoms with E-state index in [1.807, 2.05) is 0 Å². The van der Waals surface area contributed by atoms with Crippen molar-refractivity contribution in [3.8, 4) is 5.75 Å². The monoisotopic (exact) mass is 299 g/mol. The molecule has 2 aromatic rings. The Balaban J connectivity index is 2.33. The third-order valence-electron chi connectivity index (χ3n) is 3.01. The number of ether oxygens (including phenoxy) is 1. The van der Waals surface area contributed by atoms with Gasteiger partial charge < -0.3 is 4.74 Å². The summed E-state index contributed by atoms with van der Waals surface area (Å²) < 4.78 is 5.23. The summed E-state index contributed by atoms with van der Waals surface area (Å²) in [6.45, 7) is 3.17. The van der Waals surface area contributed by atoms with Crippen molar-refractivity contribution in [1.82, 2.24) is 0 Å². The summed E-state index contributed by atoms with van der Waals surface area (Å²) in [5.74, 6) is -0.845. The molecule has 0 saturated heterocycles. The fraction of sp³-hybridized carbons (Fsp3) is 0.125. The minimum atomic E-state index is -0.753. The van der Waals surface area contributed by atoms with Crippen LogP contribution < -0.4 is 4.74 Å². The van der Waals surface area contributed by atoms with Crippen molar-refractivity contribution in [2.24, 2.45) is 0 Å². The molecule has 0 N–H and O–H groups in total. The van der Waals surface area contributed by atoms with Crippen LogP contribution in [-0.2, 0) is 0 Å². The Morgan fingerprint density at radius 1 is 1.14 bits per heavy atom. The van der Waals surface area contributed by atoms with E-state index >= 15 is 0 Å². The fourth-order valence-electron chi connectivity index (χ4n) is 1.91. The number of hydrogen-bond donors (Lipinski definition) is 0. The molecular weight excluding hydrogens is 286 g/mol. The molecule has 0 aliphatic rings. The Labute approximate surface area is 126 Å². The van der Waals surface area contributed by atoms with E-state index in [0.29, 0.717) is 0 Å². The third-order valence-corrected chi connectivity index (χ3v) is 3.01. The number of rotatable bonds is 4. The lowest BCUT2D eigenvalue weighted by atomic mass is 10.1. The van der Waals surface area contributed by atoms with Gasteiger partial charge in [-0.2, -0.15) is 0 Å². The molecule has 0 aromatic heterocycles. The molecule has 0 atom stereocenters. The molecule has 2 rings (SSSR count). The molecule has 0 saturated carbocycles. The van der Waals surface area contributed by atoms with Crippen LogP contribution in [-0.4, -0.2) is 16.7 Å². The maximum atomic E-state index is 12.1. The number of esters is 1. The molecule has 22 heavy (non-hydrogen) atoms. The zero-order valence-corrected chi connectivity index (χ0v) is 12.0. The van der Waals surface area contributed by atoms with Crippen LogP contribution >= 0.6 is 0 Å². The Kier molecular flexibility index (Phi) is 4.31. The Morgan fingerprint density at radius 3 is 2.50 bits per heavy atom. The number of carbonyl (C=O) groups is 2. The number of nitro groups is 1. The highest BCUT2D eigenvalue weighted by atomic mass is 16.6. The molecule has 6 nitrogen and oxygen atoms in total. The first-order chi connectivity index (χ1) is 10.4. The van der Waals surface area contributed by atoms with Crippen LogP contribution in [0.3, 0.4) is 0 Å². The van der Waals surface area contributed by atoms with Crippen molar-refractivity contribution in [2.45, 2.75) is 13.8 Å². The number of non-ortho nitro benzene ring substituents is 1. The largest absolute Gasteiger partial charge is 0.422 e. The zero-order valence-electron chi connectivity index (χ0n) is 12.0. The number of ketones is 1. The number of benzene rings is 2. The maximum absolute atomic E-state index is 12.1. The standard InChI is InChI=1S/C16H13NO5/c1-10-6-7-14(11(2)18)15(8-10)22-16(19)12-4-3-5-13(9-12)17(20)21/h3-9H,1-2H3. The fourth-order valence-corrected chi connectivity index (χ4v) is 1.91. The van der Waals surface area contributed by atoms with E-state index in [0.717, 1.165) is 11.6 Å². The van der Waals surface area contributed by atoms with E-state index in [-0.39, 0.29) is 28.3 Å². The summed E-state index contributed by atoms with van der Waals surface area (Å²) in [7, 11) is 0. The first kappa shape index (κ1) is 15.4. The highest BCUT2D eigenvalue weighted by Gasteiger charge is 2.16. The molecule has 0 bridgehead atoms. The van der Waals surface area contributed by atoms with E-state index in [4.69, 9.17) is 4.74 Å². The predicted octanol–water partition coefficient (Wildman–Crippen LogP) is 3.33. The average molecular weight is 299 g/mol. The summed E-state index contributed by atoms with van der Waals surface area (Å²) in [4.78, 5) is 33.8. The van der Waals surface area contributed by atoms with Gasteiger partial charge in [0.2, 0.25) is 0 Å². The second-order valence-corrected chi connectivity index (χ2v) is 4.75. The molecular formula is C16H13NO5. The van der Waals surface area contributed by atoms with Crippen LogP contribution in [0.4, 0.5) is 5.69 Å². The predicted molar refractivity (Wildman–Crippen MR) is 79.2 cm³/mol. The van der Waals surface area contributed by atoms with Gasteiger partial charge in [-0.3, -0.25) is 14.9 Å². The lowest BCUT2D eigenvalue weighted by Crippen LogP contribution is -2.11. The third kappa shape index (κ3) is 3.35. The van der Waals surface area contributed by atoms with Crippen LogP contribution in [0, 0.1) is 17.0 Å². The van der Waals surface area contributed by atoms with E-state index < -0.39 is 10.9 Å². The first-order valence-electron chi connectivity index (χ1n) is 6.46. The minimum Gasteiger partial charge on any atom is -0.422 e. The maximum Gasteiger partial charge on any atom is 0.343 e. The molecule has 2 aromatic carbocycles.